The van der Waals surface area contributed by atoms with Crippen LogP contribution >= 0.6 is 11.3 Å². The van der Waals surface area contributed by atoms with Gasteiger partial charge >= 0.3 is 0 Å². The Hall–Kier alpha value is -1.56. The topological polar surface area (TPSA) is 56.7 Å². The Kier molecular flexibility index (Phi) is 4.14. The van der Waals surface area contributed by atoms with Crippen LogP contribution < -0.4 is 10.6 Å². The molecule has 0 saturated carbocycles. The molecule has 0 aromatic carbocycles. The number of amides is 1. The van der Waals surface area contributed by atoms with Gasteiger partial charge in [-0.05, 0) is 24.3 Å². The highest BCUT2D eigenvalue weighted by Gasteiger charge is 2.42. The molecule has 114 valence electrons. The lowest BCUT2D eigenvalue weighted by Crippen LogP contribution is -2.51. The Labute approximate surface area is 129 Å². The molecular formula is C15H22N4OS. The molecule has 0 aliphatic carbocycles. The van der Waals surface area contributed by atoms with E-state index < -0.39 is 0 Å². The third-order valence-electron chi connectivity index (χ3n) is 4.37. The van der Waals surface area contributed by atoms with Crippen LogP contribution in [0.2, 0.25) is 0 Å². The second-order valence-electron chi connectivity index (χ2n) is 5.96. The van der Waals surface area contributed by atoms with E-state index in [-0.39, 0.29) is 11.3 Å². The van der Waals surface area contributed by atoms with E-state index in [0.717, 1.165) is 45.0 Å². The van der Waals surface area contributed by atoms with Crippen LogP contribution in [0.25, 0.3) is 0 Å². The van der Waals surface area contributed by atoms with Crippen molar-refractivity contribution >= 4 is 23.2 Å². The molecule has 1 aromatic heterocycles. The summed E-state index contributed by atoms with van der Waals surface area (Å²) in [5.41, 5.74) is 0.107. The van der Waals surface area contributed by atoms with E-state index in [0.29, 0.717) is 6.42 Å². The molecule has 1 atom stereocenters. The van der Waals surface area contributed by atoms with E-state index in [1.807, 2.05) is 7.05 Å². The number of hydrogen-bond acceptors (Lipinski definition) is 3. The minimum absolute atomic E-state index is 0.107. The Balaban J connectivity index is 1.62. The predicted octanol–water partition coefficient (Wildman–Crippen LogP) is 1.43. The van der Waals surface area contributed by atoms with Gasteiger partial charge in [0.05, 0.1) is 6.54 Å². The third-order valence-corrected chi connectivity index (χ3v) is 5.25. The largest absolute Gasteiger partial charge is 0.355 e. The second-order valence-corrected chi connectivity index (χ2v) is 6.99. The van der Waals surface area contributed by atoms with E-state index in [4.69, 9.17) is 0 Å². The van der Waals surface area contributed by atoms with Crippen LogP contribution in [0.3, 0.4) is 0 Å². The van der Waals surface area contributed by atoms with Crippen molar-refractivity contribution in [2.45, 2.75) is 25.8 Å². The van der Waals surface area contributed by atoms with Crippen molar-refractivity contribution in [3.05, 3.63) is 22.4 Å². The molecule has 21 heavy (non-hydrogen) atoms. The van der Waals surface area contributed by atoms with Crippen molar-refractivity contribution in [1.29, 1.82) is 0 Å². The first-order valence-corrected chi connectivity index (χ1v) is 8.33. The summed E-state index contributed by atoms with van der Waals surface area (Å²) < 4.78 is 0. The number of nitrogens with zero attached hydrogens (tertiary/aromatic N) is 2. The van der Waals surface area contributed by atoms with Crippen LogP contribution in [0.5, 0.6) is 0 Å². The summed E-state index contributed by atoms with van der Waals surface area (Å²) in [4.78, 5) is 19.6. The maximum atomic E-state index is 11.6. The van der Waals surface area contributed by atoms with Gasteiger partial charge in [0.2, 0.25) is 5.91 Å². The first-order chi connectivity index (χ1) is 10.2. The van der Waals surface area contributed by atoms with Crippen molar-refractivity contribution in [3.63, 3.8) is 0 Å². The van der Waals surface area contributed by atoms with Gasteiger partial charge in [-0.1, -0.05) is 6.07 Å². The normalized spacial score (nSPS) is 26.2. The average Bonchev–Trinajstić information content (AvgIpc) is 3.11. The van der Waals surface area contributed by atoms with E-state index in [1.54, 1.807) is 11.3 Å². The van der Waals surface area contributed by atoms with E-state index in [2.05, 4.69) is 38.0 Å². The monoisotopic (exact) mass is 306 g/mol. The van der Waals surface area contributed by atoms with Gasteiger partial charge in [-0.2, -0.15) is 0 Å². The molecule has 2 aliphatic heterocycles. The molecule has 5 nitrogen and oxygen atoms in total. The van der Waals surface area contributed by atoms with Crippen molar-refractivity contribution in [2.24, 2.45) is 10.4 Å². The minimum atomic E-state index is 0.107. The summed E-state index contributed by atoms with van der Waals surface area (Å²) >= 11 is 1.75. The standard InChI is InChI=1S/C15H22N4OS/c1-16-14(17-9-12-4-2-7-21-12)19-6-3-5-15(11-19)8-13(20)18-10-15/h2,4,7H,3,5-6,8-11H2,1H3,(H,16,17)(H,18,20). The summed E-state index contributed by atoms with van der Waals surface area (Å²) in [6.45, 7) is 3.55. The molecule has 2 saturated heterocycles. The molecule has 3 heterocycles. The van der Waals surface area contributed by atoms with E-state index in [9.17, 15) is 4.79 Å². The molecule has 0 bridgehead atoms. The maximum absolute atomic E-state index is 11.6. The van der Waals surface area contributed by atoms with Gasteiger partial charge in [-0.15, -0.1) is 11.3 Å². The van der Waals surface area contributed by atoms with Crippen LogP contribution in [0.4, 0.5) is 0 Å². The Morgan fingerprint density at radius 3 is 3.19 bits per heavy atom. The zero-order chi connectivity index (χ0) is 14.7. The first kappa shape index (κ1) is 14.4. The van der Waals surface area contributed by atoms with Gasteiger partial charge in [-0.25, -0.2) is 0 Å². The van der Waals surface area contributed by atoms with Gasteiger partial charge in [0.25, 0.3) is 0 Å². The molecule has 1 aromatic rings. The van der Waals surface area contributed by atoms with Crippen molar-refractivity contribution in [3.8, 4) is 0 Å². The number of carbonyl (C=O) groups excluding carboxylic acids is 1. The molecule has 1 spiro atoms. The molecular weight excluding hydrogens is 284 g/mol. The molecule has 1 unspecified atom stereocenters. The number of rotatable bonds is 2. The fourth-order valence-corrected chi connectivity index (χ4v) is 3.99. The number of carbonyl (C=O) groups is 1. The van der Waals surface area contributed by atoms with Crippen molar-refractivity contribution < 1.29 is 4.79 Å². The summed E-state index contributed by atoms with van der Waals surface area (Å²) in [5.74, 6) is 1.14. The minimum Gasteiger partial charge on any atom is -0.355 e. The van der Waals surface area contributed by atoms with Crippen LogP contribution in [-0.4, -0.2) is 43.4 Å². The molecule has 2 fully saturated rings. The number of hydrogen-bond donors (Lipinski definition) is 2. The quantitative estimate of drug-likeness (QED) is 0.642. The molecule has 3 rings (SSSR count). The number of aliphatic imine (C=N–C) groups is 1. The van der Waals surface area contributed by atoms with Gasteiger partial charge in [0, 0.05) is 43.4 Å². The van der Waals surface area contributed by atoms with E-state index in [1.165, 1.54) is 4.88 Å². The highest BCUT2D eigenvalue weighted by molar-refractivity contribution is 7.09. The highest BCUT2D eigenvalue weighted by Crippen LogP contribution is 2.35. The van der Waals surface area contributed by atoms with Crippen molar-refractivity contribution in [1.82, 2.24) is 15.5 Å². The lowest BCUT2D eigenvalue weighted by atomic mass is 9.79. The molecule has 1 amide bonds. The number of piperidine rings is 1. The van der Waals surface area contributed by atoms with Gasteiger partial charge in [-0.3, -0.25) is 9.79 Å². The van der Waals surface area contributed by atoms with Crippen molar-refractivity contribution in [2.75, 3.05) is 26.7 Å². The number of guanidine groups is 1. The van der Waals surface area contributed by atoms with Crippen LogP contribution in [0, 0.1) is 5.41 Å². The van der Waals surface area contributed by atoms with Crippen LogP contribution in [0.1, 0.15) is 24.1 Å². The Bertz CT molecular complexity index is 528. The summed E-state index contributed by atoms with van der Waals surface area (Å²) in [5, 5.41) is 8.52. The maximum Gasteiger partial charge on any atom is 0.220 e. The third kappa shape index (κ3) is 3.20. The number of thiophene rings is 1. The lowest BCUT2D eigenvalue weighted by Gasteiger charge is -2.40. The lowest BCUT2D eigenvalue weighted by molar-refractivity contribution is -0.119. The fourth-order valence-electron chi connectivity index (χ4n) is 3.34. The van der Waals surface area contributed by atoms with Gasteiger partial charge in [0.15, 0.2) is 5.96 Å². The SMILES string of the molecule is CN=C(NCc1cccs1)N1CCCC2(CNC(=O)C2)C1. The number of likely N-dealkylation sites (tertiary alicyclic amines) is 1. The zero-order valence-electron chi connectivity index (χ0n) is 12.4. The molecule has 2 aliphatic rings. The second kappa shape index (κ2) is 6.05. The highest BCUT2D eigenvalue weighted by atomic mass is 32.1. The zero-order valence-corrected chi connectivity index (χ0v) is 13.2. The fraction of sp³-hybridized carbons (Fsp3) is 0.600. The van der Waals surface area contributed by atoms with Gasteiger partial charge in [0.1, 0.15) is 0 Å². The Morgan fingerprint density at radius 2 is 2.52 bits per heavy atom. The summed E-state index contributed by atoms with van der Waals surface area (Å²) in [7, 11) is 1.83. The first-order valence-electron chi connectivity index (χ1n) is 7.45. The smallest absolute Gasteiger partial charge is 0.220 e. The Morgan fingerprint density at radius 1 is 1.62 bits per heavy atom. The number of nitrogens with one attached hydrogen (secondary N) is 2. The molecule has 0 radical (unpaired) electrons. The molecule has 6 heteroatoms. The van der Waals surface area contributed by atoms with Crippen LogP contribution in [-0.2, 0) is 11.3 Å². The van der Waals surface area contributed by atoms with E-state index >= 15 is 0 Å². The summed E-state index contributed by atoms with van der Waals surface area (Å²) in [6, 6.07) is 4.19. The summed E-state index contributed by atoms with van der Waals surface area (Å²) in [6.07, 6.45) is 2.91. The molecule has 2 N–H and O–H groups in total. The van der Waals surface area contributed by atoms with Crippen LogP contribution in [0.15, 0.2) is 22.5 Å². The average molecular weight is 306 g/mol. The van der Waals surface area contributed by atoms with Gasteiger partial charge < -0.3 is 15.5 Å². The predicted molar refractivity (Wildman–Crippen MR) is 85.4 cm³/mol.